The SMILES string of the molecule is CC(C)(O)COc1ccc(-c2cnc(N3CCC(NCc4ccc(/C=C/C(=O)NO)cn4)CC3)c(C#N)c2-c2ccc(C#N)c(F)c2)cc1O. The highest BCUT2D eigenvalue weighted by atomic mass is 19.1. The Bertz CT molecular complexity index is 1970. The number of anilines is 1. The van der Waals surface area contributed by atoms with E-state index in [0.717, 1.165) is 18.5 Å². The molecule has 0 aliphatic carbocycles. The molecule has 0 radical (unpaired) electrons. The van der Waals surface area contributed by atoms with Crippen LogP contribution in [0.5, 0.6) is 11.5 Å². The van der Waals surface area contributed by atoms with Gasteiger partial charge in [0.2, 0.25) is 0 Å². The molecular weight excluding hydrogens is 641 g/mol. The third-order valence-corrected chi connectivity index (χ3v) is 8.15. The van der Waals surface area contributed by atoms with Crippen molar-refractivity contribution in [2.24, 2.45) is 0 Å². The molecule has 1 aliphatic heterocycles. The van der Waals surface area contributed by atoms with Crippen LogP contribution in [0.15, 0.2) is 67.0 Å². The quantitative estimate of drug-likeness (QED) is 0.0832. The van der Waals surface area contributed by atoms with Crippen LogP contribution in [-0.2, 0) is 11.3 Å². The molecule has 50 heavy (non-hydrogen) atoms. The molecule has 12 nitrogen and oxygen atoms in total. The van der Waals surface area contributed by atoms with Gasteiger partial charge >= 0.3 is 0 Å². The molecule has 0 unspecified atom stereocenters. The Morgan fingerprint density at radius 3 is 2.46 bits per heavy atom. The number of pyridine rings is 2. The number of phenols is 1. The number of nitriles is 2. The van der Waals surface area contributed by atoms with Gasteiger partial charge in [0.05, 0.1) is 16.9 Å². The first-order valence-electron chi connectivity index (χ1n) is 15.9. The lowest BCUT2D eigenvalue weighted by molar-refractivity contribution is -0.124. The molecule has 13 heteroatoms. The number of hydrogen-bond donors (Lipinski definition) is 5. The van der Waals surface area contributed by atoms with E-state index in [1.807, 2.05) is 23.1 Å². The molecule has 1 amide bonds. The summed E-state index contributed by atoms with van der Waals surface area (Å²) in [5.74, 6) is -0.925. The summed E-state index contributed by atoms with van der Waals surface area (Å²) in [7, 11) is 0. The fourth-order valence-corrected chi connectivity index (χ4v) is 5.58. The summed E-state index contributed by atoms with van der Waals surface area (Å²) in [5.41, 5.74) is 3.83. The molecule has 5 N–H and O–H groups in total. The van der Waals surface area contributed by atoms with Crippen molar-refractivity contribution in [1.82, 2.24) is 20.8 Å². The van der Waals surface area contributed by atoms with Gasteiger partial charge in [0.15, 0.2) is 11.5 Å². The third kappa shape index (κ3) is 8.59. The van der Waals surface area contributed by atoms with E-state index >= 15 is 0 Å². The van der Waals surface area contributed by atoms with E-state index in [1.165, 1.54) is 29.8 Å². The van der Waals surface area contributed by atoms with Crippen molar-refractivity contribution < 1.29 is 29.3 Å². The van der Waals surface area contributed by atoms with Gasteiger partial charge in [0, 0.05) is 55.3 Å². The largest absolute Gasteiger partial charge is 0.504 e. The molecule has 2 aromatic heterocycles. The first kappa shape index (κ1) is 35.4. The normalized spacial score (nSPS) is 13.5. The number of aromatic hydroxyl groups is 1. The van der Waals surface area contributed by atoms with Crippen molar-refractivity contribution in [2.45, 2.75) is 44.9 Å². The van der Waals surface area contributed by atoms with Gasteiger partial charge in [0.25, 0.3) is 5.91 Å². The molecule has 1 aliphatic rings. The first-order valence-corrected chi connectivity index (χ1v) is 15.9. The standard InChI is InChI=1S/C37H36FN7O5/c1-37(2,48)22-50-33-9-7-24(16-32(33)46)30-21-43-36(29(18-40)35(30)25-5-6-26(17-39)31(38)15-25)45-13-11-27(12-14-45)42-20-28-8-3-23(19-41-28)4-10-34(47)44-49/h3-10,15-16,19,21,27,42,46,48-49H,11-14,20,22H2,1-2H3,(H,44,47)/b10-4+. The molecular formula is C37H36FN7O5. The molecule has 1 fully saturated rings. The van der Waals surface area contributed by atoms with Crippen LogP contribution >= 0.6 is 0 Å². The number of hydroxylamine groups is 1. The smallest absolute Gasteiger partial charge is 0.267 e. The van der Waals surface area contributed by atoms with Crippen LogP contribution in [-0.4, -0.2) is 62.6 Å². The third-order valence-electron chi connectivity index (χ3n) is 8.15. The second-order valence-corrected chi connectivity index (χ2v) is 12.5. The number of carbonyl (C=O) groups excluding carboxylic acids is 1. The minimum absolute atomic E-state index is 0.0480. The van der Waals surface area contributed by atoms with Crippen molar-refractivity contribution >= 4 is 17.8 Å². The predicted octanol–water partition coefficient (Wildman–Crippen LogP) is 4.83. The molecule has 5 rings (SSSR count). The number of ether oxygens (including phenoxy) is 1. The summed E-state index contributed by atoms with van der Waals surface area (Å²) < 4.78 is 20.5. The zero-order valence-corrected chi connectivity index (χ0v) is 27.5. The molecule has 3 heterocycles. The van der Waals surface area contributed by atoms with Crippen LogP contribution in [0.25, 0.3) is 28.3 Å². The molecule has 0 atom stereocenters. The highest BCUT2D eigenvalue weighted by Crippen LogP contribution is 2.41. The Morgan fingerprint density at radius 2 is 1.84 bits per heavy atom. The minimum Gasteiger partial charge on any atom is -0.504 e. The fraction of sp³-hybridized carbons (Fsp3) is 0.270. The number of phenolic OH excluding ortho intramolecular Hbond substituents is 1. The number of nitrogens with zero attached hydrogens (tertiary/aromatic N) is 5. The number of rotatable bonds is 11. The van der Waals surface area contributed by atoms with E-state index in [4.69, 9.17) is 14.9 Å². The van der Waals surface area contributed by atoms with Crippen LogP contribution in [0.4, 0.5) is 10.2 Å². The van der Waals surface area contributed by atoms with E-state index in [-0.39, 0.29) is 35.3 Å². The van der Waals surface area contributed by atoms with E-state index in [0.29, 0.717) is 53.3 Å². The van der Waals surface area contributed by atoms with Gasteiger partial charge in [0.1, 0.15) is 35.9 Å². The van der Waals surface area contributed by atoms with Gasteiger partial charge in [-0.15, -0.1) is 0 Å². The Balaban J connectivity index is 1.37. The topological polar surface area (TPSA) is 188 Å². The molecule has 2 aromatic carbocycles. The van der Waals surface area contributed by atoms with Crippen LogP contribution in [0.3, 0.4) is 0 Å². The van der Waals surface area contributed by atoms with Crippen LogP contribution in [0, 0.1) is 28.5 Å². The van der Waals surface area contributed by atoms with Crippen LogP contribution in [0.2, 0.25) is 0 Å². The van der Waals surface area contributed by atoms with E-state index in [2.05, 4.69) is 16.4 Å². The van der Waals surface area contributed by atoms with Crippen LogP contribution < -0.4 is 20.4 Å². The summed E-state index contributed by atoms with van der Waals surface area (Å²) in [4.78, 5) is 22.3. The predicted molar refractivity (Wildman–Crippen MR) is 183 cm³/mol. The van der Waals surface area contributed by atoms with Gasteiger partial charge in [-0.25, -0.2) is 14.9 Å². The maximum Gasteiger partial charge on any atom is 0.267 e. The molecule has 256 valence electrons. The number of halogens is 1. The Morgan fingerprint density at radius 1 is 1.08 bits per heavy atom. The number of nitrogens with one attached hydrogen (secondary N) is 2. The number of aromatic nitrogens is 2. The van der Waals surface area contributed by atoms with Crippen molar-refractivity contribution in [3.8, 4) is 45.9 Å². The van der Waals surface area contributed by atoms with Gasteiger partial charge in [-0.1, -0.05) is 18.2 Å². The molecule has 0 saturated carbocycles. The van der Waals surface area contributed by atoms with E-state index in [1.54, 1.807) is 50.5 Å². The summed E-state index contributed by atoms with van der Waals surface area (Å²) >= 11 is 0. The molecule has 0 spiro atoms. The van der Waals surface area contributed by atoms with E-state index in [9.17, 15) is 29.9 Å². The summed E-state index contributed by atoms with van der Waals surface area (Å²) in [6.07, 6.45) is 7.49. The summed E-state index contributed by atoms with van der Waals surface area (Å²) in [6.45, 7) is 4.84. The monoisotopic (exact) mass is 677 g/mol. The highest BCUT2D eigenvalue weighted by Gasteiger charge is 2.26. The lowest BCUT2D eigenvalue weighted by Crippen LogP contribution is -2.43. The summed E-state index contributed by atoms with van der Waals surface area (Å²) in [5, 5.41) is 52.8. The molecule has 1 saturated heterocycles. The zero-order chi connectivity index (χ0) is 35.8. The van der Waals surface area contributed by atoms with Crippen molar-refractivity contribution in [3.63, 3.8) is 0 Å². The number of piperidine rings is 1. The number of carbonyl (C=O) groups is 1. The number of amides is 1. The van der Waals surface area contributed by atoms with E-state index < -0.39 is 17.3 Å². The van der Waals surface area contributed by atoms with Crippen molar-refractivity contribution in [1.29, 1.82) is 10.5 Å². The van der Waals surface area contributed by atoms with Gasteiger partial charge in [-0.05, 0) is 79.8 Å². The Kier molecular flexibility index (Phi) is 11.0. The van der Waals surface area contributed by atoms with Crippen molar-refractivity contribution in [2.75, 3.05) is 24.6 Å². The van der Waals surface area contributed by atoms with Gasteiger partial charge in [-0.2, -0.15) is 10.5 Å². The first-order chi connectivity index (χ1) is 24.0. The maximum atomic E-state index is 14.9. The average Bonchev–Trinajstić information content (AvgIpc) is 3.12. The van der Waals surface area contributed by atoms with Gasteiger partial charge in [-0.3, -0.25) is 15.0 Å². The van der Waals surface area contributed by atoms with Crippen molar-refractivity contribution in [3.05, 3.63) is 95.2 Å². The number of benzene rings is 2. The zero-order valence-electron chi connectivity index (χ0n) is 27.5. The van der Waals surface area contributed by atoms with Gasteiger partial charge < -0.3 is 25.2 Å². The average molecular weight is 678 g/mol. The summed E-state index contributed by atoms with van der Waals surface area (Å²) in [6, 6.07) is 16.9. The molecule has 4 aromatic rings. The number of hydrogen-bond acceptors (Lipinski definition) is 11. The molecule has 0 bridgehead atoms. The lowest BCUT2D eigenvalue weighted by Gasteiger charge is -2.34. The second kappa shape index (κ2) is 15.6. The Hall–Kier alpha value is -5.86. The highest BCUT2D eigenvalue weighted by molar-refractivity contribution is 5.91. The Labute approximate surface area is 288 Å². The minimum atomic E-state index is -1.12. The lowest BCUT2D eigenvalue weighted by atomic mass is 9.91. The second-order valence-electron chi connectivity index (χ2n) is 12.5. The number of aliphatic hydroxyl groups is 1. The van der Waals surface area contributed by atoms with Crippen LogP contribution in [0.1, 0.15) is 49.1 Å². The maximum absolute atomic E-state index is 14.9. The fourth-order valence-electron chi connectivity index (χ4n) is 5.58.